The summed E-state index contributed by atoms with van der Waals surface area (Å²) in [6.07, 6.45) is 1.67. The average molecular weight is 510 g/mol. The Labute approximate surface area is 213 Å². The summed E-state index contributed by atoms with van der Waals surface area (Å²) >= 11 is 6.12. The highest BCUT2D eigenvalue weighted by molar-refractivity contribution is 6.32. The molecular formula is C27H24ClNO7. The zero-order valence-electron chi connectivity index (χ0n) is 20.4. The molecule has 0 fully saturated rings. The van der Waals surface area contributed by atoms with Crippen LogP contribution in [-0.2, 0) is 0 Å². The molecule has 1 aromatic heterocycles. The SMILES string of the molecule is COc1ccc(C=C(C(=O)c2cc(OC)c(OC)c(OC)c2)c2nc3cc(Cl)ccc3o2)cc1OC. The number of benzene rings is 3. The molecule has 0 aliphatic heterocycles. The van der Waals surface area contributed by atoms with E-state index in [1.807, 2.05) is 0 Å². The molecule has 0 spiro atoms. The lowest BCUT2D eigenvalue weighted by atomic mass is 9.99. The molecular weight excluding hydrogens is 486 g/mol. The third kappa shape index (κ3) is 4.81. The molecule has 186 valence electrons. The summed E-state index contributed by atoms with van der Waals surface area (Å²) in [6, 6.07) is 13.5. The van der Waals surface area contributed by atoms with Crippen LogP contribution < -0.4 is 23.7 Å². The van der Waals surface area contributed by atoms with Gasteiger partial charge in [-0.25, -0.2) is 4.98 Å². The van der Waals surface area contributed by atoms with Gasteiger partial charge in [0.2, 0.25) is 11.6 Å². The van der Waals surface area contributed by atoms with Gasteiger partial charge in [0.05, 0.1) is 41.1 Å². The minimum Gasteiger partial charge on any atom is -0.493 e. The molecule has 9 heteroatoms. The lowest BCUT2D eigenvalue weighted by Crippen LogP contribution is -2.06. The van der Waals surface area contributed by atoms with Crippen molar-refractivity contribution in [2.24, 2.45) is 0 Å². The summed E-state index contributed by atoms with van der Waals surface area (Å²) in [6.45, 7) is 0. The number of carbonyl (C=O) groups is 1. The molecule has 0 saturated carbocycles. The van der Waals surface area contributed by atoms with Crippen molar-refractivity contribution >= 4 is 40.1 Å². The van der Waals surface area contributed by atoms with E-state index < -0.39 is 0 Å². The Hall–Kier alpha value is -4.17. The number of Topliss-reactive ketones (excluding diaryl/α,β-unsaturated/α-hetero) is 1. The van der Waals surface area contributed by atoms with Gasteiger partial charge in [-0.1, -0.05) is 17.7 Å². The first-order valence-electron chi connectivity index (χ1n) is 10.8. The Balaban J connectivity index is 1.91. The van der Waals surface area contributed by atoms with Crippen LogP contribution >= 0.6 is 11.6 Å². The standard InChI is InChI=1S/C27H24ClNO7/c1-31-21-8-6-15(11-22(21)32-2)10-18(27-29-19-14-17(28)7-9-20(19)36-27)25(30)16-12-23(33-3)26(35-5)24(13-16)34-4/h6-14H,1-5H3. The largest absolute Gasteiger partial charge is 0.493 e. The molecule has 0 unspecified atom stereocenters. The predicted octanol–water partition coefficient (Wildman–Crippen LogP) is 5.95. The Morgan fingerprint density at radius 1 is 0.806 bits per heavy atom. The van der Waals surface area contributed by atoms with Gasteiger partial charge < -0.3 is 28.1 Å². The molecule has 1 heterocycles. The van der Waals surface area contributed by atoms with Gasteiger partial charge >= 0.3 is 0 Å². The van der Waals surface area contributed by atoms with E-state index in [1.54, 1.807) is 61.7 Å². The summed E-state index contributed by atoms with van der Waals surface area (Å²) in [4.78, 5) is 18.4. The van der Waals surface area contributed by atoms with E-state index in [-0.39, 0.29) is 22.8 Å². The van der Waals surface area contributed by atoms with Crippen LogP contribution in [0.25, 0.3) is 22.7 Å². The van der Waals surface area contributed by atoms with Gasteiger partial charge in [-0.05, 0) is 54.1 Å². The van der Waals surface area contributed by atoms with Crippen molar-refractivity contribution in [1.29, 1.82) is 0 Å². The van der Waals surface area contributed by atoms with Crippen molar-refractivity contribution in [1.82, 2.24) is 4.98 Å². The molecule has 0 aliphatic rings. The molecule has 0 radical (unpaired) electrons. The van der Waals surface area contributed by atoms with Gasteiger partial charge in [0.1, 0.15) is 5.52 Å². The van der Waals surface area contributed by atoms with Gasteiger partial charge in [0.25, 0.3) is 0 Å². The van der Waals surface area contributed by atoms with E-state index >= 15 is 0 Å². The number of halogens is 1. The van der Waals surface area contributed by atoms with Gasteiger partial charge in [0.15, 0.2) is 34.4 Å². The molecule has 0 N–H and O–H groups in total. The number of oxazole rings is 1. The minimum absolute atomic E-state index is 0.126. The molecule has 8 nitrogen and oxygen atoms in total. The van der Waals surface area contributed by atoms with Crippen molar-refractivity contribution in [3.8, 4) is 28.7 Å². The number of ketones is 1. The molecule has 0 bridgehead atoms. The Kier molecular flexibility index (Phi) is 7.36. The molecule has 0 atom stereocenters. The number of allylic oxidation sites excluding steroid dienone is 1. The van der Waals surface area contributed by atoms with Crippen molar-refractivity contribution in [3.63, 3.8) is 0 Å². The number of nitrogens with zero attached hydrogens (tertiary/aromatic N) is 1. The maximum atomic E-state index is 13.9. The highest BCUT2D eigenvalue weighted by Crippen LogP contribution is 2.40. The lowest BCUT2D eigenvalue weighted by molar-refractivity contribution is 0.105. The normalized spacial score (nSPS) is 11.3. The maximum Gasteiger partial charge on any atom is 0.231 e. The second-order valence-corrected chi connectivity index (χ2v) is 7.98. The van der Waals surface area contributed by atoms with E-state index in [4.69, 9.17) is 39.7 Å². The number of rotatable bonds is 9. The number of fused-ring (bicyclic) bond motifs is 1. The van der Waals surface area contributed by atoms with Crippen molar-refractivity contribution in [3.05, 3.63) is 70.6 Å². The fourth-order valence-electron chi connectivity index (χ4n) is 3.72. The third-order valence-corrected chi connectivity index (χ3v) is 5.71. The quantitative estimate of drug-likeness (QED) is 0.202. The molecule has 3 aromatic carbocycles. The molecule has 36 heavy (non-hydrogen) atoms. The first kappa shape index (κ1) is 24.9. The van der Waals surface area contributed by atoms with E-state index in [2.05, 4.69) is 4.98 Å². The molecule has 4 rings (SSSR count). The van der Waals surface area contributed by atoms with E-state index in [9.17, 15) is 4.79 Å². The monoisotopic (exact) mass is 509 g/mol. The fourth-order valence-corrected chi connectivity index (χ4v) is 3.88. The topological polar surface area (TPSA) is 89.3 Å². The molecule has 4 aromatic rings. The highest BCUT2D eigenvalue weighted by Gasteiger charge is 2.24. The Morgan fingerprint density at radius 2 is 1.47 bits per heavy atom. The van der Waals surface area contributed by atoms with Gasteiger partial charge in [-0.15, -0.1) is 0 Å². The van der Waals surface area contributed by atoms with E-state index in [0.717, 1.165) is 0 Å². The lowest BCUT2D eigenvalue weighted by Gasteiger charge is -2.14. The second kappa shape index (κ2) is 10.6. The smallest absolute Gasteiger partial charge is 0.231 e. The van der Waals surface area contributed by atoms with Gasteiger partial charge in [0, 0.05) is 10.6 Å². The highest BCUT2D eigenvalue weighted by atomic mass is 35.5. The van der Waals surface area contributed by atoms with Crippen LogP contribution in [0.1, 0.15) is 21.8 Å². The third-order valence-electron chi connectivity index (χ3n) is 5.47. The minimum atomic E-state index is -0.373. The Morgan fingerprint density at radius 3 is 2.08 bits per heavy atom. The fraction of sp³-hybridized carbons (Fsp3) is 0.185. The first-order valence-corrected chi connectivity index (χ1v) is 11.1. The maximum absolute atomic E-state index is 13.9. The predicted molar refractivity (Wildman–Crippen MR) is 137 cm³/mol. The summed E-state index contributed by atoms with van der Waals surface area (Å²) in [5.74, 6) is 1.88. The van der Waals surface area contributed by atoms with Crippen LogP contribution in [0, 0.1) is 0 Å². The van der Waals surface area contributed by atoms with Gasteiger partial charge in [-0.2, -0.15) is 0 Å². The van der Waals surface area contributed by atoms with Crippen molar-refractivity contribution in [2.45, 2.75) is 0 Å². The number of aromatic nitrogens is 1. The van der Waals surface area contributed by atoms with Gasteiger partial charge in [-0.3, -0.25) is 4.79 Å². The number of hydrogen-bond acceptors (Lipinski definition) is 8. The van der Waals surface area contributed by atoms with E-state index in [0.29, 0.717) is 50.4 Å². The molecule has 0 amide bonds. The van der Waals surface area contributed by atoms with E-state index in [1.165, 1.54) is 28.4 Å². The first-order chi connectivity index (χ1) is 17.4. The summed E-state index contributed by atoms with van der Waals surface area (Å²) in [7, 11) is 7.55. The van der Waals surface area contributed by atoms with Crippen LogP contribution in [0.5, 0.6) is 28.7 Å². The number of ether oxygens (including phenoxy) is 5. The zero-order valence-corrected chi connectivity index (χ0v) is 21.1. The molecule has 0 saturated heterocycles. The summed E-state index contributed by atoms with van der Waals surface area (Å²) in [5.41, 5.74) is 2.17. The number of carbonyl (C=O) groups excluding carboxylic acids is 1. The van der Waals surface area contributed by atoms with Crippen LogP contribution in [-0.4, -0.2) is 46.3 Å². The average Bonchev–Trinajstić information content (AvgIpc) is 3.32. The summed E-state index contributed by atoms with van der Waals surface area (Å²) < 4.78 is 32.9. The van der Waals surface area contributed by atoms with Crippen LogP contribution in [0.15, 0.2) is 52.9 Å². The second-order valence-electron chi connectivity index (χ2n) is 7.55. The van der Waals surface area contributed by atoms with Crippen molar-refractivity contribution in [2.75, 3.05) is 35.5 Å². The van der Waals surface area contributed by atoms with Crippen LogP contribution in [0.2, 0.25) is 5.02 Å². The van der Waals surface area contributed by atoms with Crippen LogP contribution in [0.3, 0.4) is 0 Å². The van der Waals surface area contributed by atoms with Crippen LogP contribution in [0.4, 0.5) is 0 Å². The number of hydrogen-bond donors (Lipinski definition) is 0. The zero-order chi connectivity index (χ0) is 25.8. The Bertz CT molecular complexity index is 1430. The number of methoxy groups -OCH3 is 5. The van der Waals surface area contributed by atoms with Crippen molar-refractivity contribution < 1.29 is 32.9 Å². The molecule has 0 aliphatic carbocycles. The summed E-state index contributed by atoms with van der Waals surface area (Å²) in [5, 5.41) is 0.503.